The number of hydrogen-bond acceptors (Lipinski definition) is 6. The Balaban J connectivity index is 1.33. The fourth-order valence-electron chi connectivity index (χ4n) is 3.57. The predicted octanol–water partition coefficient (Wildman–Crippen LogP) is 2.61. The molecule has 1 aromatic heterocycles. The Labute approximate surface area is 167 Å². The molecule has 1 fully saturated rings. The van der Waals surface area contributed by atoms with E-state index in [1.807, 2.05) is 5.38 Å². The van der Waals surface area contributed by atoms with E-state index in [-0.39, 0.29) is 6.54 Å². The molecule has 8 heteroatoms. The monoisotopic (exact) mass is 398 g/mol. The highest BCUT2D eigenvalue weighted by Crippen LogP contribution is 2.23. The first-order chi connectivity index (χ1) is 13.5. The van der Waals surface area contributed by atoms with Gasteiger partial charge in [0.15, 0.2) is 5.13 Å². The molecule has 2 aliphatic rings. The summed E-state index contributed by atoms with van der Waals surface area (Å²) in [5.74, 6) is -0.518. The third-order valence-corrected chi connectivity index (χ3v) is 6.05. The summed E-state index contributed by atoms with van der Waals surface area (Å²) in [4.78, 5) is 44.9. The number of aromatic nitrogens is 1. The Morgan fingerprint density at radius 1 is 1.18 bits per heavy atom. The van der Waals surface area contributed by atoms with Gasteiger partial charge in [-0.2, -0.15) is 0 Å². The van der Waals surface area contributed by atoms with Crippen LogP contribution < -0.4 is 5.32 Å². The molecule has 0 radical (unpaired) electrons. The van der Waals surface area contributed by atoms with Gasteiger partial charge in [-0.1, -0.05) is 19.1 Å². The molecule has 0 unspecified atom stereocenters. The number of imide groups is 1. The Hall–Kier alpha value is -2.58. The number of fused-ring (bicyclic) bond motifs is 1. The minimum absolute atomic E-state index is 0.314. The maximum absolute atomic E-state index is 12.4. The number of piperidine rings is 1. The molecule has 1 saturated heterocycles. The molecule has 146 valence electrons. The molecule has 0 saturated carbocycles. The lowest BCUT2D eigenvalue weighted by Crippen LogP contribution is -2.37. The van der Waals surface area contributed by atoms with Gasteiger partial charge in [-0.05, 0) is 44.0 Å². The van der Waals surface area contributed by atoms with Crippen LogP contribution >= 0.6 is 11.3 Å². The zero-order valence-corrected chi connectivity index (χ0v) is 16.5. The van der Waals surface area contributed by atoms with Crippen molar-refractivity contribution in [2.75, 3.05) is 25.0 Å². The van der Waals surface area contributed by atoms with Crippen LogP contribution in [0.15, 0.2) is 29.6 Å². The lowest BCUT2D eigenvalue weighted by molar-refractivity contribution is -0.116. The number of anilines is 1. The summed E-state index contributed by atoms with van der Waals surface area (Å²) in [7, 11) is 0. The van der Waals surface area contributed by atoms with Gasteiger partial charge in [0.1, 0.15) is 6.54 Å². The summed E-state index contributed by atoms with van der Waals surface area (Å²) in [5, 5.41) is 5.13. The van der Waals surface area contributed by atoms with Gasteiger partial charge in [-0.15, -0.1) is 11.3 Å². The smallest absolute Gasteiger partial charge is 0.262 e. The number of likely N-dealkylation sites (tertiary alicyclic amines) is 1. The summed E-state index contributed by atoms with van der Waals surface area (Å²) in [6, 6.07) is 6.60. The standard InChI is InChI=1S/C20H22N4O3S/c1-13-6-8-23(9-7-13)10-14-12-28-20(21-14)22-17(25)11-24-18(26)15-4-2-3-5-16(15)19(24)27/h2-5,12-13H,6-11H2,1H3,(H,21,22,25). The third kappa shape index (κ3) is 3.83. The summed E-state index contributed by atoms with van der Waals surface area (Å²) in [6.07, 6.45) is 2.40. The molecule has 28 heavy (non-hydrogen) atoms. The Kier molecular flexibility index (Phi) is 5.23. The Morgan fingerprint density at radius 3 is 2.46 bits per heavy atom. The zero-order chi connectivity index (χ0) is 19.7. The first-order valence-corrected chi connectivity index (χ1v) is 10.3. The molecular weight excluding hydrogens is 376 g/mol. The highest BCUT2D eigenvalue weighted by atomic mass is 32.1. The molecular formula is C20H22N4O3S. The quantitative estimate of drug-likeness (QED) is 0.783. The van der Waals surface area contributed by atoms with Crippen molar-refractivity contribution in [1.82, 2.24) is 14.8 Å². The van der Waals surface area contributed by atoms with Gasteiger partial charge in [-0.25, -0.2) is 4.98 Å². The van der Waals surface area contributed by atoms with Crippen LogP contribution in [0.5, 0.6) is 0 Å². The average Bonchev–Trinajstić information content (AvgIpc) is 3.22. The fraction of sp³-hybridized carbons (Fsp3) is 0.400. The molecule has 0 atom stereocenters. The second kappa shape index (κ2) is 7.81. The van der Waals surface area contributed by atoms with E-state index in [9.17, 15) is 14.4 Å². The van der Waals surface area contributed by atoms with Crippen LogP contribution in [0.25, 0.3) is 0 Å². The highest BCUT2D eigenvalue weighted by Gasteiger charge is 2.36. The van der Waals surface area contributed by atoms with Crippen LogP contribution in [0, 0.1) is 5.92 Å². The second-order valence-corrected chi connectivity index (χ2v) is 8.25. The van der Waals surface area contributed by atoms with E-state index in [2.05, 4.69) is 22.1 Å². The molecule has 0 aliphatic carbocycles. The first-order valence-electron chi connectivity index (χ1n) is 9.43. The van der Waals surface area contributed by atoms with Gasteiger partial charge < -0.3 is 5.32 Å². The number of nitrogens with zero attached hydrogens (tertiary/aromatic N) is 3. The molecule has 3 amide bonds. The highest BCUT2D eigenvalue weighted by molar-refractivity contribution is 7.13. The summed E-state index contributed by atoms with van der Waals surface area (Å²) in [5.41, 5.74) is 1.61. The summed E-state index contributed by atoms with van der Waals surface area (Å²) in [6.45, 7) is 4.88. The van der Waals surface area contributed by atoms with Crippen molar-refractivity contribution >= 4 is 34.2 Å². The van der Waals surface area contributed by atoms with Crippen molar-refractivity contribution < 1.29 is 14.4 Å². The van der Waals surface area contributed by atoms with Gasteiger partial charge in [-0.3, -0.25) is 24.2 Å². The number of benzene rings is 1. The minimum Gasteiger partial charge on any atom is -0.300 e. The SMILES string of the molecule is CC1CCN(Cc2csc(NC(=O)CN3C(=O)c4ccccc4C3=O)n2)CC1. The normalized spacial score (nSPS) is 17.8. The van der Waals surface area contributed by atoms with Crippen LogP contribution in [-0.2, 0) is 11.3 Å². The maximum atomic E-state index is 12.4. The minimum atomic E-state index is -0.435. The fourth-order valence-corrected chi connectivity index (χ4v) is 4.29. The Bertz CT molecular complexity index is 883. The van der Waals surface area contributed by atoms with E-state index in [4.69, 9.17) is 0 Å². The van der Waals surface area contributed by atoms with E-state index in [1.165, 1.54) is 24.2 Å². The average molecular weight is 398 g/mol. The van der Waals surface area contributed by atoms with Gasteiger partial charge >= 0.3 is 0 Å². The van der Waals surface area contributed by atoms with Crippen LogP contribution in [-0.4, -0.2) is 52.1 Å². The van der Waals surface area contributed by atoms with Gasteiger partial charge in [0, 0.05) is 11.9 Å². The lowest BCUT2D eigenvalue weighted by atomic mass is 9.99. The number of thiazole rings is 1. The van der Waals surface area contributed by atoms with Crippen molar-refractivity contribution in [2.24, 2.45) is 5.92 Å². The number of carbonyl (C=O) groups is 3. The van der Waals surface area contributed by atoms with Crippen molar-refractivity contribution in [3.05, 3.63) is 46.5 Å². The molecule has 2 aromatic rings. The Morgan fingerprint density at radius 2 is 1.82 bits per heavy atom. The number of nitrogens with one attached hydrogen (secondary N) is 1. The number of rotatable bonds is 5. The van der Waals surface area contributed by atoms with Crippen molar-refractivity contribution in [3.63, 3.8) is 0 Å². The first kappa shape index (κ1) is 18.8. The third-order valence-electron chi connectivity index (χ3n) is 5.24. The molecule has 1 aromatic carbocycles. The van der Waals surface area contributed by atoms with E-state index < -0.39 is 17.7 Å². The van der Waals surface area contributed by atoms with E-state index in [0.717, 1.165) is 36.1 Å². The molecule has 2 aliphatic heterocycles. The van der Waals surface area contributed by atoms with Gasteiger partial charge in [0.05, 0.1) is 16.8 Å². The van der Waals surface area contributed by atoms with Crippen molar-refractivity contribution in [2.45, 2.75) is 26.3 Å². The molecule has 7 nitrogen and oxygen atoms in total. The molecule has 0 bridgehead atoms. The van der Waals surface area contributed by atoms with Gasteiger partial charge in [0.2, 0.25) is 5.91 Å². The molecule has 4 rings (SSSR count). The van der Waals surface area contributed by atoms with Crippen LogP contribution in [0.2, 0.25) is 0 Å². The van der Waals surface area contributed by atoms with Crippen molar-refractivity contribution in [3.8, 4) is 0 Å². The summed E-state index contributed by atoms with van der Waals surface area (Å²) < 4.78 is 0. The second-order valence-electron chi connectivity index (χ2n) is 7.39. The van der Waals surface area contributed by atoms with E-state index in [0.29, 0.717) is 16.3 Å². The largest absolute Gasteiger partial charge is 0.300 e. The number of hydrogen-bond donors (Lipinski definition) is 1. The molecule has 1 N–H and O–H groups in total. The topological polar surface area (TPSA) is 82.6 Å². The maximum Gasteiger partial charge on any atom is 0.262 e. The van der Waals surface area contributed by atoms with Crippen LogP contribution in [0.4, 0.5) is 5.13 Å². The van der Waals surface area contributed by atoms with E-state index in [1.54, 1.807) is 24.3 Å². The lowest BCUT2D eigenvalue weighted by Gasteiger charge is -2.29. The molecule has 3 heterocycles. The van der Waals surface area contributed by atoms with Crippen molar-refractivity contribution in [1.29, 1.82) is 0 Å². The van der Waals surface area contributed by atoms with Crippen LogP contribution in [0.3, 0.4) is 0 Å². The van der Waals surface area contributed by atoms with Gasteiger partial charge in [0.25, 0.3) is 11.8 Å². The summed E-state index contributed by atoms with van der Waals surface area (Å²) >= 11 is 1.36. The zero-order valence-electron chi connectivity index (χ0n) is 15.7. The number of amides is 3. The number of carbonyl (C=O) groups excluding carboxylic acids is 3. The molecule has 0 spiro atoms. The van der Waals surface area contributed by atoms with Crippen LogP contribution in [0.1, 0.15) is 46.2 Å². The van der Waals surface area contributed by atoms with E-state index >= 15 is 0 Å². The predicted molar refractivity (Wildman–Crippen MR) is 106 cm³/mol.